The first-order valence-corrected chi connectivity index (χ1v) is 6.82. The Hall–Kier alpha value is -1.64. The minimum atomic E-state index is -0.310. The summed E-state index contributed by atoms with van der Waals surface area (Å²) in [6.45, 7) is 0. The number of nitrogens with zero attached hydrogens (tertiary/aromatic N) is 1. The number of hydrogen-bond donors (Lipinski definition) is 3. The smallest absolute Gasteiger partial charge is 0.275 e. The number of hydrogen-bond acceptors (Lipinski definition) is 6. The van der Waals surface area contributed by atoms with Gasteiger partial charge in [-0.1, -0.05) is 11.8 Å². The maximum Gasteiger partial charge on any atom is 0.275 e. The maximum absolute atomic E-state index is 11.5. The van der Waals surface area contributed by atoms with E-state index in [9.17, 15) is 9.59 Å². The van der Waals surface area contributed by atoms with Crippen LogP contribution in [-0.2, 0) is 5.75 Å². The van der Waals surface area contributed by atoms with Crippen molar-refractivity contribution in [2.24, 2.45) is 5.84 Å². The van der Waals surface area contributed by atoms with Crippen molar-refractivity contribution in [2.75, 3.05) is 0 Å². The number of carbonyl (C=O) groups excluding carboxylic acids is 1. The molecule has 0 aromatic carbocycles. The Morgan fingerprint density at radius 1 is 1.56 bits per heavy atom. The first-order valence-electron chi connectivity index (χ1n) is 4.96. The van der Waals surface area contributed by atoms with Crippen LogP contribution in [-0.4, -0.2) is 15.9 Å². The van der Waals surface area contributed by atoms with Crippen molar-refractivity contribution >= 4 is 29.0 Å². The van der Waals surface area contributed by atoms with Crippen molar-refractivity contribution in [2.45, 2.75) is 10.9 Å². The molecule has 0 unspecified atom stereocenters. The molecule has 0 spiro atoms. The molecular weight excluding hydrogens is 272 g/mol. The minimum absolute atomic E-state index is 0.197. The molecule has 0 radical (unpaired) electrons. The highest BCUT2D eigenvalue weighted by molar-refractivity contribution is 7.98. The average molecular weight is 282 g/mol. The molecule has 94 valence electrons. The van der Waals surface area contributed by atoms with Gasteiger partial charge >= 0.3 is 0 Å². The standard InChI is InChI=1S/C10H10N4O2S2/c11-14-9(16)8-6(2-4-17-8)5-18-10-12-3-1-7(15)13-10/h1-4H,5,11H2,(H,14,16)(H,12,13,15). The molecule has 0 saturated heterocycles. The number of rotatable bonds is 4. The van der Waals surface area contributed by atoms with E-state index in [0.717, 1.165) is 5.56 Å². The van der Waals surface area contributed by atoms with Crippen LogP contribution in [0.3, 0.4) is 0 Å². The third kappa shape index (κ3) is 2.97. The van der Waals surface area contributed by atoms with Crippen LogP contribution in [0.25, 0.3) is 0 Å². The van der Waals surface area contributed by atoms with Gasteiger partial charge in [-0.25, -0.2) is 10.8 Å². The van der Waals surface area contributed by atoms with Gasteiger partial charge in [0.1, 0.15) is 0 Å². The van der Waals surface area contributed by atoms with E-state index in [1.54, 1.807) is 0 Å². The van der Waals surface area contributed by atoms with Crippen LogP contribution in [0.4, 0.5) is 0 Å². The zero-order chi connectivity index (χ0) is 13.0. The number of nitrogen functional groups attached to an aromatic ring is 1. The first kappa shape index (κ1) is 12.8. The Labute approximate surface area is 111 Å². The number of hydrazine groups is 1. The number of nitrogens with one attached hydrogen (secondary N) is 2. The van der Waals surface area contributed by atoms with Crippen LogP contribution in [0.1, 0.15) is 15.2 Å². The zero-order valence-corrected chi connectivity index (χ0v) is 10.8. The van der Waals surface area contributed by atoms with E-state index in [-0.39, 0.29) is 11.5 Å². The molecule has 0 fully saturated rings. The van der Waals surface area contributed by atoms with Crippen molar-refractivity contribution < 1.29 is 4.79 Å². The molecule has 2 aromatic rings. The molecular formula is C10H10N4O2S2. The number of H-pyrrole nitrogens is 1. The number of thiophene rings is 1. The molecule has 4 N–H and O–H groups in total. The Balaban J connectivity index is 2.09. The third-order valence-electron chi connectivity index (χ3n) is 2.10. The summed E-state index contributed by atoms with van der Waals surface area (Å²) in [6.07, 6.45) is 1.45. The Bertz CT molecular complexity index is 608. The van der Waals surface area contributed by atoms with Crippen LogP contribution in [0, 0.1) is 0 Å². The van der Waals surface area contributed by atoms with Gasteiger partial charge in [0, 0.05) is 18.0 Å². The van der Waals surface area contributed by atoms with Gasteiger partial charge < -0.3 is 4.98 Å². The fraction of sp³-hybridized carbons (Fsp3) is 0.100. The number of carbonyl (C=O) groups is 1. The molecule has 2 aromatic heterocycles. The fourth-order valence-corrected chi connectivity index (χ4v) is 3.04. The normalized spacial score (nSPS) is 10.3. The van der Waals surface area contributed by atoms with Gasteiger partial charge in [0.2, 0.25) is 0 Å². The van der Waals surface area contributed by atoms with Crippen molar-refractivity contribution in [1.82, 2.24) is 15.4 Å². The third-order valence-corrected chi connectivity index (χ3v) is 3.99. The van der Waals surface area contributed by atoms with Gasteiger partial charge in [-0.3, -0.25) is 15.0 Å². The topological polar surface area (TPSA) is 101 Å². The largest absolute Gasteiger partial charge is 0.301 e. The van der Waals surface area contributed by atoms with Gasteiger partial charge in [-0.05, 0) is 17.0 Å². The van der Waals surface area contributed by atoms with Gasteiger partial charge in [0.25, 0.3) is 11.5 Å². The molecule has 2 rings (SSSR count). The van der Waals surface area contributed by atoms with Gasteiger partial charge in [0.15, 0.2) is 5.16 Å². The number of amides is 1. The van der Waals surface area contributed by atoms with Crippen LogP contribution < -0.4 is 16.8 Å². The molecule has 18 heavy (non-hydrogen) atoms. The lowest BCUT2D eigenvalue weighted by atomic mass is 10.3. The molecule has 0 aliphatic carbocycles. The van der Waals surface area contributed by atoms with Gasteiger partial charge in [-0.2, -0.15) is 0 Å². The summed E-state index contributed by atoms with van der Waals surface area (Å²) >= 11 is 2.68. The molecule has 0 aliphatic heterocycles. The molecule has 0 saturated carbocycles. The van der Waals surface area contributed by atoms with E-state index in [4.69, 9.17) is 5.84 Å². The SMILES string of the molecule is NNC(=O)c1sccc1CSc1nccc(=O)[nH]1. The molecule has 8 heteroatoms. The predicted octanol–water partition coefficient (Wildman–Crippen LogP) is 0.727. The quantitative estimate of drug-likeness (QED) is 0.252. The van der Waals surface area contributed by atoms with Crippen LogP contribution in [0.15, 0.2) is 33.7 Å². The van der Waals surface area contributed by atoms with E-state index in [0.29, 0.717) is 15.8 Å². The number of aromatic nitrogens is 2. The maximum atomic E-state index is 11.5. The number of thioether (sulfide) groups is 1. The molecule has 2 heterocycles. The highest BCUT2D eigenvalue weighted by Gasteiger charge is 2.12. The Kier molecular flexibility index (Phi) is 4.13. The second-order valence-electron chi connectivity index (χ2n) is 3.28. The van der Waals surface area contributed by atoms with Crippen LogP contribution in [0.5, 0.6) is 0 Å². The predicted molar refractivity (Wildman–Crippen MR) is 70.4 cm³/mol. The summed E-state index contributed by atoms with van der Waals surface area (Å²) in [4.78, 5) is 29.7. The number of nitrogens with two attached hydrogens (primary N) is 1. The molecule has 0 aliphatic rings. The summed E-state index contributed by atoms with van der Waals surface area (Å²) in [5.41, 5.74) is 2.77. The highest BCUT2D eigenvalue weighted by atomic mass is 32.2. The Morgan fingerprint density at radius 3 is 3.11 bits per heavy atom. The summed E-state index contributed by atoms with van der Waals surface area (Å²) in [6, 6.07) is 3.20. The summed E-state index contributed by atoms with van der Waals surface area (Å²) < 4.78 is 0. The molecule has 0 atom stereocenters. The van der Waals surface area contributed by atoms with Gasteiger partial charge in [-0.15, -0.1) is 11.3 Å². The van der Waals surface area contributed by atoms with E-state index < -0.39 is 0 Å². The van der Waals surface area contributed by atoms with Crippen LogP contribution >= 0.6 is 23.1 Å². The monoisotopic (exact) mass is 282 g/mol. The van der Waals surface area contributed by atoms with E-state index in [2.05, 4.69) is 15.4 Å². The van der Waals surface area contributed by atoms with E-state index in [1.807, 2.05) is 11.4 Å². The van der Waals surface area contributed by atoms with Gasteiger partial charge in [0.05, 0.1) is 4.88 Å². The van der Waals surface area contributed by atoms with Crippen molar-refractivity contribution in [3.05, 3.63) is 44.5 Å². The molecule has 1 amide bonds. The highest BCUT2D eigenvalue weighted by Crippen LogP contribution is 2.24. The minimum Gasteiger partial charge on any atom is -0.301 e. The lowest BCUT2D eigenvalue weighted by Gasteiger charge is -2.02. The zero-order valence-electron chi connectivity index (χ0n) is 9.17. The summed E-state index contributed by atoms with van der Waals surface area (Å²) in [5.74, 6) is 5.33. The van der Waals surface area contributed by atoms with E-state index >= 15 is 0 Å². The lowest BCUT2D eigenvalue weighted by molar-refractivity contribution is 0.0957. The molecule has 0 bridgehead atoms. The van der Waals surface area contributed by atoms with Crippen molar-refractivity contribution in [1.29, 1.82) is 0 Å². The first-order chi connectivity index (χ1) is 8.70. The number of aromatic amines is 1. The fourth-order valence-electron chi connectivity index (χ4n) is 1.29. The second-order valence-corrected chi connectivity index (χ2v) is 5.16. The average Bonchev–Trinajstić information content (AvgIpc) is 2.84. The summed E-state index contributed by atoms with van der Waals surface area (Å²) in [5, 5.41) is 2.34. The van der Waals surface area contributed by atoms with Crippen LogP contribution in [0.2, 0.25) is 0 Å². The summed E-state index contributed by atoms with van der Waals surface area (Å²) in [7, 11) is 0. The Morgan fingerprint density at radius 2 is 2.39 bits per heavy atom. The van der Waals surface area contributed by atoms with Crippen molar-refractivity contribution in [3.63, 3.8) is 0 Å². The van der Waals surface area contributed by atoms with E-state index in [1.165, 1.54) is 35.4 Å². The lowest BCUT2D eigenvalue weighted by Crippen LogP contribution is -2.29. The molecule has 6 nitrogen and oxygen atoms in total. The second kappa shape index (κ2) is 5.80. The van der Waals surface area contributed by atoms with Crippen molar-refractivity contribution in [3.8, 4) is 0 Å².